The molecule has 0 saturated heterocycles. The largest absolute Gasteiger partial charge is 0.510 e. The predicted octanol–water partition coefficient (Wildman–Crippen LogP) is 2.97. The second-order valence-electron chi connectivity index (χ2n) is 4.64. The summed E-state index contributed by atoms with van der Waals surface area (Å²) in [5.74, 6) is 0.278. The van der Waals surface area contributed by atoms with Crippen LogP contribution in [0.3, 0.4) is 0 Å². The number of imidazole rings is 1. The molecule has 116 valence electrons. The Bertz CT molecular complexity index is 890. The third-order valence-corrected chi connectivity index (χ3v) is 5.02. The maximum atomic E-state index is 10.4. The normalized spacial score (nSPS) is 13.6. The molecule has 0 radical (unpaired) electrons. The van der Waals surface area contributed by atoms with Gasteiger partial charge < -0.3 is 15.8 Å². The first-order valence-electron chi connectivity index (χ1n) is 6.62. The van der Waals surface area contributed by atoms with Crippen LogP contribution in [-0.4, -0.2) is 30.5 Å². The topological polar surface area (TPSA) is 124 Å². The van der Waals surface area contributed by atoms with Crippen LogP contribution >= 0.6 is 23.1 Å². The molecular weight excluding hydrogens is 332 g/mol. The molecule has 23 heavy (non-hydrogen) atoms. The van der Waals surface area contributed by atoms with E-state index < -0.39 is 0 Å². The van der Waals surface area contributed by atoms with Gasteiger partial charge in [0.05, 0.1) is 16.3 Å². The zero-order valence-electron chi connectivity index (χ0n) is 12.0. The van der Waals surface area contributed by atoms with Crippen molar-refractivity contribution in [1.29, 1.82) is 5.26 Å². The number of nitrogens with zero attached hydrogens (tertiary/aromatic N) is 4. The number of allylic oxidation sites excluding steroid dienone is 1. The van der Waals surface area contributed by atoms with E-state index in [1.54, 1.807) is 6.92 Å². The Morgan fingerprint density at radius 1 is 1.43 bits per heavy atom. The van der Waals surface area contributed by atoms with E-state index in [-0.39, 0.29) is 16.6 Å². The van der Waals surface area contributed by atoms with Crippen LogP contribution < -0.4 is 5.73 Å². The number of nitrogen functional groups attached to an aromatic ring is 1. The smallest absolute Gasteiger partial charge is 0.203 e. The van der Waals surface area contributed by atoms with E-state index in [0.29, 0.717) is 15.3 Å². The minimum atomic E-state index is -0.384. The maximum absolute atomic E-state index is 10.4. The van der Waals surface area contributed by atoms with Gasteiger partial charge in [0.15, 0.2) is 10.2 Å². The molecule has 0 fully saturated rings. The fourth-order valence-corrected chi connectivity index (χ4v) is 3.82. The van der Waals surface area contributed by atoms with Crippen molar-refractivity contribution in [3.63, 3.8) is 0 Å². The molecule has 0 spiro atoms. The molecule has 0 aliphatic rings. The number of thioether (sulfide) groups is 1. The van der Waals surface area contributed by atoms with Crippen molar-refractivity contribution in [3.05, 3.63) is 35.8 Å². The van der Waals surface area contributed by atoms with Gasteiger partial charge in [-0.2, -0.15) is 5.26 Å². The molecule has 0 aliphatic carbocycles. The number of aromatic amines is 1. The van der Waals surface area contributed by atoms with Crippen LogP contribution in [0.25, 0.3) is 16.6 Å². The van der Waals surface area contributed by atoms with Crippen LogP contribution in [0.4, 0.5) is 5.13 Å². The Labute approximate surface area is 139 Å². The van der Waals surface area contributed by atoms with E-state index in [4.69, 9.17) is 5.73 Å². The number of hydrogen-bond donors (Lipinski definition) is 3. The molecule has 2 aromatic heterocycles. The summed E-state index contributed by atoms with van der Waals surface area (Å²) < 4.78 is 0.628. The summed E-state index contributed by atoms with van der Waals surface area (Å²) in [4.78, 5) is 7.39. The summed E-state index contributed by atoms with van der Waals surface area (Å²) in [6, 6.07) is 9.45. The van der Waals surface area contributed by atoms with E-state index in [2.05, 4.69) is 20.2 Å². The molecule has 9 heteroatoms. The molecule has 0 aliphatic heterocycles. The van der Waals surface area contributed by atoms with E-state index in [0.717, 1.165) is 11.0 Å². The molecule has 0 amide bonds. The first-order valence-corrected chi connectivity index (χ1v) is 8.32. The first-order chi connectivity index (χ1) is 11.1. The number of para-hydroxylation sites is 2. The quantitative estimate of drug-likeness (QED) is 0.377. The third kappa shape index (κ3) is 3.13. The fraction of sp³-hybridized carbons (Fsp3) is 0.143. The number of rotatable bonds is 4. The second-order valence-corrected chi connectivity index (χ2v) is 7.24. The standard InChI is InChI=1S/C14H12N6OS2/c1-7(22-14-20-19-13(16)23-14)11(21)8(6-15)12-17-9-4-2-3-5-10(9)18-12/h2-5,7,21H,1H3,(H2,16,19)(H,17,18)/b11-8-. The molecule has 0 bridgehead atoms. The number of nitrogens with one attached hydrogen (secondary N) is 1. The van der Waals surface area contributed by atoms with Gasteiger partial charge in [-0.25, -0.2) is 4.98 Å². The second kappa shape index (κ2) is 6.28. The Morgan fingerprint density at radius 2 is 2.22 bits per heavy atom. The number of aromatic nitrogens is 4. The molecule has 1 unspecified atom stereocenters. The van der Waals surface area contributed by atoms with Gasteiger partial charge in [-0.3, -0.25) is 0 Å². The van der Waals surface area contributed by atoms with Gasteiger partial charge in [0, 0.05) is 0 Å². The summed E-state index contributed by atoms with van der Waals surface area (Å²) in [6.07, 6.45) is 0. The molecular formula is C14H12N6OS2. The third-order valence-electron chi connectivity index (χ3n) is 3.08. The van der Waals surface area contributed by atoms with Crippen molar-refractivity contribution in [2.24, 2.45) is 0 Å². The van der Waals surface area contributed by atoms with Gasteiger partial charge in [-0.15, -0.1) is 10.2 Å². The van der Waals surface area contributed by atoms with Crippen molar-refractivity contribution >= 4 is 44.8 Å². The molecule has 1 atom stereocenters. The fourth-order valence-electron chi connectivity index (χ4n) is 1.98. The highest BCUT2D eigenvalue weighted by Gasteiger charge is 2.20. The number of anilines is 1. The lowest BCUT2D eigenvalue weighted by Crippen LogP contribution is -2.04. The zero-order chi connectivity index (χ0) is 16.4. The van der Waals surface area contributed by atoms with Crippen molar-refractivity contribution < 1.29 is 5.11 Å². The Hall–Kier alpha value is -2.57. The first kappa shape index (κ1) is 15.3. The summed E-state index contributed by atoms with van der Waals surface area (Å²) >= 11 is 2.51. The Balaban J connectivity index is 1.93. The Kier molecular flexibility index (Phi) is 4.18. The number of benzene rings is 1. The van der Waals surface area contributed by atoms with Gasteiger partial charge in [0.25, 0.3) is 0 Å². The minimum absolute atomic E-state index is 0.0645. The van der Waals surface area contributed by atoms with Gasteiger partial charge in [-0.05, 0) is 19.1 Å². The van der Waals surface area contributed by atoms with Crippen LogP contribution in [0.15, 0.2) is 34.4 Å². The number of H-pyrrole nitrogens is 1. The SMILES string of the molecule is CC(Sc1nnc(N)s1)/C(O)=C(\C#N)c1nc2ccccc2[nH]1. The number of nitrogens with two attached hydrogens (primary N) is 1. The number of nitriles is 1. The van der Waals surface area contributed by atoms with Crippen molar-refractivity contribution in [2.45, 2.75) is 16.5 Å². The average molecular weight is 344 g/mol. The molecule has 7 nitrogen and oxygen atoms in total. The lowest BCUT2D eigenvalue weighted by Gasteiger charge is -2.09. The molecule has 2 heterocycles. The van der Waals surface area contributed by atoms with Gasteiger partial charge >= 0.3 is 0 Å². The molecule has 0 saturated carbocycles. The lowest BCUT2D eigenvalue weighted by molar-refractivity contribution is 0.402. The van der Waals surface area contributed by atoms with Crippen molar-refractivity contribution in [1.82, 2.24) is 20.2 Å². The van der Waals surface area contributed by atoms with Gasteiger partial charge in [0.2, 0.25) is 5.13 Å². The highest BCUT2D eigenvalue weighted by Crippen LogP contribution is 2.32. The highest BCUT2D eigenvalue weighted by atomic mass is 32.2. The molecule has 3 rings (SSSR count). The molecule has 3 aromatic rings. The summed E-state index contributed by atoms with van der Waals surface area (Å²) in [5.41, 5.74) is 7.19. The predicted molar refractivity (Wildman–Crippen MR) is 90.9 cm³/mol. The van der Waals surface area contributed by atoms with Gasteiger partial charge in [-0.1, -0.05) is 35.2 Å². The summed E-state index contributed by atoms with van der Waals surface area (Å²) in [7, 11) is 0. The van der Waals surface area contributed by atoms with Crippen molar-refractivity contribution in [2.75, 3.05) is 5.73 Å². The minimum Gasteiger partial charge on any atom is -0.510 e. The zero-order valence-corrected chi connectivity index (χ0v) is 13.6. The van der Waals surface area contributed by atoms with Crippen LogP contribution in [-0.2, 0) is 0 Å². The van der Waals surface area contributed by atoms with Crippen LogP contribution in [0.1, 0.15) is 12.7 Å². The van der Waals surface area contributed by atoms with Crippen LogP contribution in [0.2, 0.25) is 0 Å². The number of fused-ring (bicyclic) bond motifs is 1. The molecule has 4 N–H and O–H groups in total. The van der Waals surface area contributed by atoms with Crippen LogP contribution in [0, 0.1) is 11.3 Å². The van der Waals surface area contributed by atoms with E-state index >= 15 is 0 Å². The highest BCUT2D eigenvalue weighted by molar-refractivity contribution is 8.01. The van der Waals surface area contributed by atoms with E-state index in [1.807, 2.05) is 30.3 Å². The monoisotopic (exact) mass is 344 g/mol. The summed E-state index contributed by atoms with van der Waals surface area (Å²) in [6.45, 7) is 1.78. The number of aliphatic hydroxyl groups is 1. The average Bonchev–Trinajstić information content (AvgIpc) is 3.13. The van der Waals surface area contributed by atoms with E-state index in [1.165, 1.54) is 23.1 Å². The molecule has 1 aromatic carbocycles. The van der Waals surface area contributed by atoms with Crippen molar-refractivity contribution in [3.8, 4) is 6.07 Å². The van der Waals surface area contributed by atoms with E-state index in [9.17, 15) is 10.4 Å². The number of hydrogen-bond acceptors (Lipinski definition) is 8. The number of aliphatic hydroxyl groups excluding tert-OH is 1. The summed E-state index contributed by atoms with van der Waals surface area (Å²) in [5, 5.41) is 27.4. The maximum Gasteiger partial charge on any atom is 0.203 e. The van der Waals surface area contributed by atoms with Crippen LogP contribution in [0.5, 0.6) is 0 Å². The van der Waals surface area contributed by atoms with Gasteiger partial charge in [0.1, 0.15) is 17.4 Å². The Morgan fingerprint density at radius 3 is 2.87 bits per heavy atom. The lowest BCUT2D eigenvalue weighted by atomic mass is 10.2.